The number of hydrogen-bond donors (Lipinski definition) is 0. The van der Waals surface area contributed by atoms with Gasteiger partial charge in [0.25, 0.3) is 0 Å². The molecule has 1 amide bonds. The van der Waals surface area contributed by atoms with E-state index in [1.165, 1.54) is 13.0 Å². The number of hydrogen-bond acceptors (Lipinski definition) is 1. The van der Waals surface area contributed by atoms with Crippen molar-refractivity contribution in [3.8, 4) is 0 Å². The second-order valence-corrected chi connectivity index (χ2v) is 6.19. The van der Waals surface area contributed by atoms with Crippen LogP contribution >= 0.6 is 0 Å². The molecular formula is C15H16F3NO. The van der Waals surface area contributed by atoms with E-state index in [0.29, 0.717) is 11.5 Å². The molecule has 20 heavy (non-hydrogen) atoms. The number of rotatable bonds is 2. The fourth-order valence-electron chi connectivity index (χ4n) is 3.63. The minimum absolute atomic E-state index is 0.238. The van der Waals surface area contributed by atoms with Gasteiger partial charge in [-0.15, -0.1) is 0 Å². The summed E-state index contributed by atoms with van der Waals surface area (Å²) >= 11 is 0. The molecule has 108 valence electrons. The van der Waals surface area contributed by atoms with Crippen LogP contribution in [0, 0.1) is 12.3 Å². The van der Waals surface area contributed by atoms with Gasteiger partial charge in [0, 0.05) is 18.5 Å². The van der Waals surface area contributed by atoms with Gasteiger partial charge in [0.2, 0.25) is 6.41 Å². The van der Waals surface area contributed by atoms with E-state index in [9.17, 15) is 18.0 Å². The summed E-state index contributed by atoms with van der Waals surface area (Å²) in [5.74, 6) is 0.338. The van der Waals surface area contributed by atoms with E-state index in [1.54, 1.807) is 17.0 Å². The zero-order chi connectivity index (χ0) is 14.5. The van der Waals surface area contributed by atoms with Crippen LogP contribution in [0.4, 0.5) is 13.2 Å². The Bertz CT molecular complexity index is 539. The number of likely N-dealkylation sites (tertiary alicyclic amines) is 1. The largest absolute Gasteiger partial charge is 0.416 e. The predicted molar refractivity (Wildman–Crippen MR) is 68.2 cm³/mol. The van der Waals surface area contributed by atoms with Crippen LogP contribution in [0.2, 0.25) is 0 Å². The van der Waals surface area contributed by atoms with Crippen molar-refractivity contribution in [3.63, 3.8) is 0 Å². The van der Waals surface area contributed by atoms with Gasteiger partial charge in [0.1, 0.15) is 0 Å². The molecule has 1 spiro atoms. The molecule has 0 aromatic heterocycles. The van der Waals surface area contributed by atoms with Gasteiger partial charge in [-0.1, -0.05) is 12.1 Å². The smallest absolute Gasteiger partial charge is 0.344 e. The number of carbonyl (C=O) groups excluding carboxylic acids is 1. The molecule has 5 heteroatoms. The predicted octanol–water partition coefficient (Wildman–Crippen LogP) is 3.35. The molecule has 1 heterocycles. The lowest BCUT2D eigenvalue weighted by Crippen LogP contribution is -2.60. The van der Waals surface area contributed by atoms with Crippen LogP contribution in [0.15, 0.2) is 18.2 Å². The molecule has 1 saturated carbocycles. The monoisotopic (exact) mass is 283 g/mol. The zero-order valence-corrected chi connectivity index (χ0v) is 11.2. The first kappa shape index (κ1) is 13.5. The Morgan fingerprint density at radius 1 is 1.30 bits per heavy atom. The van der Waals surface area contributed by atoms with Crippen molar-refractivity contribution in [2.75, 3.05) is 13.1 Å². The standard InChI is InChI=1S/C15H16F3NO/c1-10-4-11(2-3-13(10)15(16,17)18)12-5-14(6-12)7-19(8-14)9-20/h2-4,9,12H,5-8H2,1H3. The van der Waals surface area contributed by atoms with E-state index in [2.05, 4.69) is 0 Å². The summed E-state index contributed by atoms with van der Waals surface area (Å²) in [6.45, 7) is 3.11. The maximum absolute atomic E-state index is 12.7. The quantitative estimate of drug-likeness (QED) is 0.762. The van der Waals surface area contributed by atoms with Gasteiger partial charge in [-0.25, -0.2) is 0 Å². The van der Waals surface area contributed by atoms with Crippen molar-refractivity contribution in [3.05, 3.63) is 34.9 Å². The molecule has 0 bridgehead atoms. The second-order valence-electron chi connectivity index (χ2n) is 6.19. The molecule has 1 aromatic carbocycles. The molecule has 1 aliphatic heterocycles. The molecule has 2 nitrogen and oxygen atoms in total. The molecule has 1 saturated heterocycles. The minimum atomic E-state index is -4.28. The molecule has 0 unspecified atom stereocenters. The zero-order valence-electron chi connectivity index (χ0n) is 11.2. The van der Waals surface area contributed by atoms with Crippen molar-refractivity contribution in [2.24, 2.45) is 5.41 Å². The topological polar surface area (TPSA) is 20.3 Å². The van der Waals surface area contributed by atoms with Crippen LogP contribution in [-0.4, -0.2) is 24.4 Å². The normalized spacial score (nSPS) is 21.5. The van der Waals surface area contributed by atoms with Gasteiger partial charge in [-0.2, -0.15) is 13.2 Å². The summed E-state index contributed by atoms with van der Waals surface area (Å²) in [7, 11) is 0. The number of halogens is 3. The molecule has 2 aliphatic rings. The van der Waals surface area contributed by atoms with E-state index in [0.717, 1.165) is 37.9 Å². The fourth-order valence-corrected chi connectivity index (χ4v) is 3.63. The van der Waals surface area contributed by atoms with Crippen molar-refractivity contribution >= 4 is 6.41 Å². The number of benzene rings is 1. The molecule has 2 fully saturated rings. The molecular weight excluding hydrogens is 267 g/mol. The van der Waals surface area contributed by atoms with Gasteiger partial charge < -0.3 is 4.90 Å². The summed E-state index contributed by atoms with van der Waals surface area (Å²) in [5.41, 5.74) is 0.971. The SMILES string of the molecule is Cc1cc(C2CC3(C2)CN(C=O)C3)ccc1C(F)(F)F. The lowest BCUT2D eigenvalue weighted by Gasteiger charge is -2.58. The summed E-state index contributed by atoms with van der Waals surface area (Å²) in [5, 5.41) is 0. The Balaban J connectivity index is 1.69. The van der Waals surface area contributed by atoms with Gasteiger partial charge >= 0.3 is 6.18 Å². The van der Waals surface area contributed by atoms with E-state index in [4.69, 9.17) is 0 Å². The molecule has 1 aromatic rings. The number of nitrogens with zero attached hydrogens (tertiary/aromatic N) is 1. The Kier molecular flexibility index (Phi) is 2.85. The first-order valence-electron chi connectivity index (χ1n) is 6.70. The van der Waals surface area contributed by atoms with Gasteiger partial charge in [-0.3, -0.25) is 4.79 Å². The van der Waals surface area contributed by atoms with Crippen molar-refractivity contribution in [2.45, 2.75) is 31.9 Å². The lowest BCUT2D eigenvalue weighted by molar-refractivity contribution is -0.138. The van der Waals surface area contributed by atoms with Gasteiger partial charge in [-0.05, 0) is 42.9 Å². The van der Waals surface area contributed by atoms with Crippen molar-refractivity contribution < 1.29 is 18.0 Å². The molecule has 0 radical (unpaired) electrons. The first-order valence-corrected chi connectivity index (χ1v) is 6.70. The molecule has 1 aliphatic carbocycles. The van der Waals surface area contributed by atoms with Crippen molar-refractivity contribution in [1.82, 2.24) is 4.90 Å². The third-order valence-corrected chi connectivity index (χ3v) is 4.61. The highest BCUT2D eigenvalue weighted by Gasteiger charge is 2.52. The Hall–Kier alpha value is -1.52. The first-order chi connectivity index (χ1) is 9.33. The highest BCUT2D eigenvalue weighted by Crippen LogP contribution is 2.55. The number of carbonyl (C=O) groups is 1. The van der Waals surface area contributed by atoms with Crippen LogP contribution in [0.3, 0.4) is 0 Å². The Morgan fingerprint density at radius 2 is 1.95 bits per heavy atom. The highest BCUT2D eigenvalue weighted by molar-refractivity contribution is 5.50. The lowest BCUT2D eigenvalue weighted by atomic mass is 9.56. The average Bonchev–Trinajstić information content (AvgIpc) is 2.24. The average molecular weight is 283 g/mol. The van der Waals surface area contributed by atoms with E-state index >= 15 is 0 Å². The van der Waals surface area contributed by atoms with E-state index < -0.39 is 11.7 Å². The maximum Gasteiger partial charge on any atom is 0.416 e. The second kappa shape index (κ2) is 4.24. The van der Waals surface area contributed by atoms with Crippen LogP contribution in [-0.2, 0) is 11.0 Å². The summed E-state index contributed by atoms with van der Waals surface area (Å²) in [4.78, 5) is 12.3. The Morgan fingerprint density at radius 3 is 2.45 bits per heavy atom. The van der Waals surface area contributed by atoms with E-state index in [-0.39, 0.29) is 5.41 Å². The molecule has 0 atom stereocenters. The van der Waals surface area contributed by atoms with Crippen molar-refractivity contribution in [1.29, 1.82) is 0 Å². The van der Waals surface area contributed by atoms with Crippen LogP contribution in [0.1, 0.15) is 35.4 Å². The number of amides is 1. The molecule has 3 rings (SSSR count). The number of aryl methyl sites for hydroxylation is 1. The van der Waals surface area contributed by atoms with Gasteiger partial charge in [0.15, 0.2) is 0 Å². The number of alkyl halides is 3. The van der Waals surface area contributed by atoms with E-state index in [1.807, 2.05) is 0 Å². The van der Waals surface area contributed by atoms with Crippen LogP contribution < -0.4 is 0 Å². The summed E-state index contributed by atoms with van der Waals surface area (Å²) in [6.07, 6.45) is -1.47. The minimum Gasteiger partial charge on any atom is -0.344 e. The molecule has 0 N–H and O–H groups in total. The maximum atomic E-state index is 12.7. The third-order valence-electron chi connectivity index (χ3n) is 4.61. The highest BCUT2D eigenvalue weighted by atomic mass is 19.4. The third kappa shape index (κ3) is 2.09. The Labute approximate surface area is 115 Å². The summed E-state index contributed by atoms with van der Waals surface area (Å²) < 4.78 is 38.1. The van der Waals surface area contributed by atoms with Gasteiger partial charge in [0.05, 0.1) is 5.56 Å². The fraction of sp³-hybridized carbons (Fsp3) is 0.533. The van der Waals surface area contributed by atoms with Crippen LogP contribution in [0.25, 0.3) is 0 Å². The summed E-state index contributed by atoms with van der Waals surface area (Å²) in [6, 6.07) is 4.45. The van der Waals surface area contributed by atoms with Crippen LogP contribution in [0.5, 0.6) is 0 Å².